The molecule has 3 heterocycles. The SMILES string of the molecule is CC1CC(C#N)N(C(=O)C(N)CN2C[C@@H]3CC2C(=O)N3C(C)c2cccc(C(=O)N(C)C)c2)C1. The Morgan fingerprint density at radius 2 is 2.00 bits per heavy atom. The highest BCUT2D eigenvalue weighted by Gasteiger charge is 2.51. The first-order valence-corrected chi connectivity index (χ1v) is 12.0. The molecule has 0 spiro atoms. The summed E-state index contributed by atoms with van der Waals surface area (Å²) >= 11 is 0. The molecule has 4 rings (SSSR count). The van der Waals surface area contributed by atoms with E-state index in [4.69, 9.17) is 5.73 Å². The third kappa shape index (κ3) is 4.28. The van der Waals surface area contributed by atoms with Crippen LogP contribution in [0.15, 0.2) is 24.3 Å². The Morgan fingerprint density at radius 1 is 1.26 bits per heavy atom. The maximum absolute atomic E-state index is 13.3. The average molecular weight is 467 g/mol. The Bertz CT molecular complexity index is 1020. The molecule has 1 aromatic carbocycles. The molecule has 9 nitrogen and oxygen atoms in total. The molecular weight excluding hydrogens is 432 g/mol. The summed E-state index contributed by atoms with van der Waals surface area (Å²) in [5.74, 6) is 0.0436. The summed E-state index contributed by atoms with van der Waals surface area (Å²) in [5.41, 5.74) is 7.80. The first-order chi connectivity index (χ1) is 16.1. The lowest BCUT2D eigenvalue weighted by Gasteiger charge is -2.38. The predicted molar refractivity (Wildman–Crippen MR) is 126 cm³/mol. The summed E-state index contributed by atoms with van der Waals surface area (Å²) < 4.78 is 0. The topological polar surface area (TPSA) is 114 Å². The fourth-order valence-electron chi connectivity index (χ4n) is 5.70. The van der Waals surface area contributed by atoms with E-state index in [1.807, 2.05) is 41.8 Å². The molecule has 0 saturated carbocycles. The van der Waals surface area contributed by atoms with Gasteiger partial charge in [-0.1, -0.05) is 19.1 Å². The molecule has 3 fully saturated rings. The van der Waals surface area contributed by atoms with Gasteiger partial charge in [0.25, 0.3) is 5.91 Å². The van der Waals surface area contributed by atoms with Crippen molar-refractivity contribution in [2.75, 3.05) is 33.7 Å². The zero-order chi connectivity index (χ0) is 24.7. The average Bonchev–Trinajstić information content (AvgIpc) is 3.49. The van der Waals surface area contributed by atoms with Crippen LogP contribution in [0.1, 0.15) is 48.7 Å². The van der Waals surface area contributed by atoms with Crippen LogP contribution < -0.4 is 5.73 Å². The maximum Gasteiger partial charge on any atom is 0.253 e. The Morgan fingerprint density at radius 3 is 2.65 bits per heavy atom. The monoisotopic (exact) mass is 466 g/mol. The number of nitrogens with zero attached hydrogens (tertiary/aromatic N) is 5. The smallest absolute Gasteiger partial charge is 0.253 e. The van der Waals surface area contributed by atoms with Crippen LogP contribution in [0.3, 0.4) is 0 Å². The van der Waals surface area contributed by atoms with E-state index in [0.717, 1.165) is 5.56 Å². The van der Waals surface area contributed by atoms with E-state index in [9.17, 15) is 19.6 Å². The van der Waals surface area contributed by atoms with E-state index < -0.39 is 12.1 Å². The number of fused-ring (bicyclic) bond motifs is 2. The number of nitriles is 1. The number of hydrogen-bond acceptors (Lipinski definition) is 6. The molecule has 3 aliphatic rings. The van der Waals surface area contributed by atoms with Crippen molar-refractivity contribution >= 4 is 17.7 Å². The summed E-state index contributed by atoms with van der Waals surface area (Å²) in [4.78, 5) is 45.7. The summed E-state index contributed by atoms with van der Waals surface area (Å²) in [6.07, 6.45) is 1.39. The second kappa shape index (κ2) is 9.35. The van der Waals surface area contributed by atoms with Crippen LogP contribution in [-0.4, -0.2) is 95.2 Å². The minimum atomic E-state index is -0.757. The predicted octanol–water partition coefficient (Wildman–Crippen LogP) is 0.822. The number of benzene rings is 1. The Balaban J connectivity index is 1.41. The van der Waals surface area contributed by atoms with Crippen molar-refractivity contribution in [3.8, 4) is 6.07 Å². The van der Waals surface area contributed by atoms with Crippen LogP contribution in [0.25, 0.3) is 0 Å². The lowest BCUT2D eigenvalue weighted by Crippen LogP contribution is -2.56. The highest BCUT2D eigenvalue weighted by molar-refractivity contribution is 5.94. The third-order valence-corrected chi connectivity index (χ3v) is 7.44. The lowest BCUT2D eigenvalue weighted by atomic mass is 10.0. The number of amides is 3. The van der Waals surface area contributed by atoms with Crippen LogP contribution in [0, 0.1) is 17.2 Å². The van der Waals surface area contributed by atoms with Gasteiger partial charge in [-0.3, -0.25) is 19.3 Å². The molecule has 182 valence electrons. The van der Waals surface area contributed by atoms with Gasteiger partial charge in [0, 0.05) is 45.3 Å². The van der Waals surface area contributed by atoms with Crippen LogP contribution in [0.4, 0.5) is 0 Å². The van der Waals surface area contributed by atoms with Gasteiger partial charge in [-0.15, -0.1) is 0 Å². The first-order valence-electron chi connectivity index (χ1n) is 12.0. The Labute approximate surface area is 201 Å². The van der Waals surface area contributed by atoms with Crippen molar-refractivity contribution in [2.24, 2.45) is 11.7 Å². The second-order valence-corrected chi connectivity index (χ2v) is 10.2. The largest absolute Gasteiger partial charge is 0.345 e. The van der Waals surface area contributed by atoms with Gasteiger partial charge in [-0.25, -0.2) is 0 Å². The minimum Gasteiger partial charge on any atom is -0.345 e. The number of carbonyl (C=O) groups is 3. The van der Waals surface area contributed by atoms with Crippen LogP contribution in [0.2, 0.25) is 0 Å². The Hall–Kier alpha value is -2.96. The molecule has 3 saturated heterocycles. The summed E-state index contributed by atoms with van der Waals surface area (Å²) in [6.45, 7) is 5.55. The van der Waals surface area contributed by atoms with Crippen LogP contribution in [-0.2, 0) is 9.59 Å². The van der Waals surface area contributed by atoms with Gasteiger partial charge in [0.05, 0.1) is 24.2 Å². The van der Waals surface area contributed by atoms with Gasteiger partial charge < -0.3 is 20.4 Å². The number of nitrogens with two attached hydrogens (primary N) is 1. The molecule has 9 heteroatoms. The number of rotatable bonds is 6. The molecule has 3 aliphatic heterocycles. The molecule has 2 N–H and O–H groups in total. The number of hydrogen-bond donors (Lipinski definition) is 1. The number of carbonyl (C=O) groups excluding carboxylic acids is 3. The van der Waals surface area contributed by atoms with E-state index in [0.29, 0.717) is 38.0 Å². The van der Waals surface area contributed by atoms with Crippen molar-refractivity contribution in [3.05, 3.63) is 35.4 Å². The summed E-state index contributed by atoms with van der Waals surface area (Å²) in [7, 11) is 3.44. The molecule has 0 radical (unpaired) electrons. The van der Waals surface area contributed by atoms with E-state index >= 15 is 0 Å². The van der Waals surface area contributed by atoms with Gasteiger partial charge in [0.2, 0.25) is 11.8 Å². The fourth-order valence-corrected chi connectivity index (χ4v) is 5.70. The van der Waals surface area contributed by atoms with Crippen molar-refractivity contribution < 1.29 is 14.4 Å². The molecule has 3 amide bonds. The van der Waals surface area contributed by atoms with Crippen LogP contribution >= 0.6 is 0 Å². The minimum absolute atomic E-state index is 0.0393. The Kier molecular flexibility index (Phi) is 6.65. The zero-order valence-corrected chi connectivity index (χ0v) is 20.3. The number of likely N-dealkylation sites (tertiary alicyclic amines) is 3. The van der Waals surface area contributed by atoms with Gasteiger partial charge in [0.1, 0.15) is 6.04 Å². The molecule has 5 unspecified atom stereocenters. The fraction of sp³-hybridized carbons (Fsp3) is 0.600. The molecule has 6 atom stereocenters. The lowest BCUT2D eigenvalue weighted by molar-refractivity contribution is -0.141. The normalized spacial score (nSPS) is 28.2. The van der Waals surface area contributed by atoms with Gasteiger partial charge in [0.15, 0.2) is 0 Å². The van der Waals surface area contributed by atoms with Crippen LogP contribution in [0.5, 0.6) is 0 Å². The third-order valence-electron chi connectivity index (χ3n) is 7.44. The molecule has 2 bridgehead atoms. The quantitative estimate of drug-likeness (QED) is 0.664. The maximum atomic E-state index is 13.3. The first kappa shape index (κ1) is 24.2. The summed E-state index contributed by atoms with van der Waals surface area (Å²) in [5, 5.41) is 9.37. The van der Waals surface area contributed by atoms with Crippen molar-refractivity contribution in [1.82, 2.24) is 19.6 Å². The van der Waals surface area contributed by atoms with Gasteiger partial charge >= 0.3 is 0 Å². The molecule has 0 aliphatic carbocycles. The zero-order valence-electron chi connectivity index (χ0n) is 20.3. The highest BCUT2D eigenvalue weighted by Crippen LogP contribution is 2.38. The van der Waals surface area contributed by atoms with E-state index in [-0.39, 0.29) is 41.8 Å². The second-order valence-electron chi connectivity index (χ2n) is 10.2. The molecular formula is C25H34N6O3. The number of piperazine rings is 1. The van der Waals surface area contributed by atoms with Crippen molar-refractivity contribution in [3.63, 3.8) is 0 Å². The van der Waals surface area contributed by atoms with Gasteiger partial charge in [-0.2, -0.15) is 5.26 Å². The molecule has 0 aromatic heterocycles. The highest BCUT2D eigenvalue weighted by atomic mass is 16.2. The molecule has 1 aromatic rings. The standard InChI is InChI=1S/C25H34N6O3/c1-15-8-19(11-26)30(12-15)24(33)21(27)14-29-13-20-10-22(29)25(34)31(20)16(2)17-6-5-7-18(9-17)23(32)28(3)4/h5-7,9,15-16,19-22H,8,10,12-14,27H2,1-4H3/t15?,16?,19?,20-,21?,22?/m0/s1. The molecule has 34 heavy (non-hydrogen) atoms. The van der Waals surface area contributed by atoms with Crippen molar-refractivity contribution in [1.29, 1.82) is 5.26 Å². The van der Waals surface area contributed by atoms with E-state index in [2.05, 4.69) is 6.07 Å². The van der Waals surface area contributed by atoms with Gasteiger partial charge in [-0.05, 0) is 43.4 Å². The van der Waals surface area contributed by atoms with Crippen molar-refractivity contribution in [2.45, 2.75) is 56.9 Å². The van der Waals surface area contributed by atoms with E-state index in [1.165, 1.54) is 4.90 Å². The van der Waals surface area contributed by atoms with E-state index in [1.54, 1.807) is 25.1 Å². The summed E-state index contributed by atoms with van der Waals surface area (Å²) in [6, 6.07) is 8.08.